The van der Waals surface area contributed by atoms with Gasteiger partial charge in [0, 0.05) is 12.6 Å². The molecule has 156 valence electrons. The van der Waals surface area contributed by atoms with Crippen LogP contribution in [0.5, 0.6) is 0 Å². The van der Waals surface area contributed by atoms with Crippen LogP contribution in [-0.2, 0) is 11.3 Å². The van der Waals surface area contributed by atoms with Gasteiger partial charge in [-0.05, 0) is 50.8 Å². The molecule has 1 saturated heterocycles. The van der Waals surface area contributed by atoms with Crippen molar-refractivity contribution in [3.63, 3.8) is 0 Å². The molecule has 2 aromatic carbocycles. The van der Waals surface area contributed by atoms with Gasteiger partial charge in [-0.3, -0.25) is 14.2 Å². The smallest absolute Gasteiger partial charge is 0.262 e. The summed E-state index contributed by atoms with van der Waals surface area (Å²) in [4.78, 5) is 32.8. The number of fused-ring (bicyclic) bond motifs is 1. The lowest BCUT2D eigenvalue weighted by atomic mass is 10.0. The highest BCUT2D eigenvalue weighted by Gasteiger charge is 2.23. The van der Waals surface area contributed by atoms with Crippen molar-refractivity contribution < 1.29 is 4.79 Å². The molecule has 4 rings (SSSR count). The fraction of sp³-hybridized carbons (Fsp3) is 0.375. The third kappa shape index (κ3) is 4.43. The maximum atomic E-state index is 13.2. The monoisotopic (exact) mass is 421 g/mol. The molecule has 6 heteroatoms. The number of benzene rings is 2. The predicted molar refractivity (Wildman–Crippen MR) is 122 cm³/mol. The van der Waals surface area contributed by atoms with Crippen molar-refractivity contribution in [1.82, 2.24) is 14.5 Å². The Kier molecular flexibility index (Phi) is 6.23. The summed E-state index contributed by atoms with van der Waals surface area (Å²) in [6.07, 6.45) is 3.30. The van der Waals surface area contributed by atoms with Gasteiger partial charge < -0.3 is 4.90 Å². The number of hydrogen-bond acceptors (Lipinski definition) is 4. The normalized spacial score (nSPS) is 16.7. The molecular weight excluding hydrogens is 394 g/mol. The summed E-state index contributed by atoms with van der Waals surface area (Å²) in [5.74, 6) is 0.416. The van der Waals surface area contributed by atoms with Gasteiger partial charge in [-0.15, -0.1) is 0 Å². The summed E-state index contributed by atoms with van der Waals surface area (Å²) in [5.41, 5.74) is 2.82. The number of nitrogens with zero attached hydrogens (tertiary/aromatic N) is 3. The van der Waals surface area contributed by atoms with E-state index < -0.39 is 0 Å². The first-order chi connectivity index (χ1) is 14.5. The molecule has 30 heavy (non-hydrogen) atoms. The number of aromatic nitrogens is 2. The van der Waals surface area contributed by atoms with E-state index in [4.69, 9.17) is 4.98 Å². The lowest BCUT2D eigenvalue weighted by molar-refractivity contribution is -0.131. The van der Waals surface area contributed by atoms with Crippen LogP contribution in [0.2, 0.25) is 0 Å². The number of likely N-dealkylation sites (tertiary alicyclic amines) is 1. The van der Waals surface area contributed by atoms with Crippen LogP contribution in [0.3, 0.4) is 0 Å². The number of carbonyl (C=O) groups excluding carboxylic acids is 1. The Labute approximate surface area is 181 Å². The van der Waals surface area contributed by atoms with Gasteiger partial charge >= 0.3 is 0 Å². The molecule has 5 nitrogen and oxygen atoms in total. The molecule has 1 amide bonds. The van der Waals surface area contributed by atoms with Gasteiger partial charge in [-0.1, -0.05) is 53.7 Å². The first-order valence-corrected chi connectivity index (χ1v) is 11.5. The SMILES string of the molecule is Cc1ccc(Cn2c(SCC(=O)N3CCCCC3C)nc3ccccc3c2=O)cc1. The van der Waals surface area contributed by atoms with Crippen LogP contribution in [-0.4, -0.2) is 38.7 Å². The summed E-state index contributed by atoms with van der Waals surface area (Å²) in [7, 11) is 0. The molecule has 1 aromatic heterocycles. The van der Waals surface area contributed by atoms with E-state index in [0.717, 1.165) is 24.9 Å². The van der Waals surface area contributed by atoms with Gasteiger partial charge in [-0.25, -0.2) is 4.98 Å². The Morgan fingerprint density at radius 2 is 1.90 bits per heavy atom. The highest BCUT2D eigenvalue weighted by molar-refractivity contribution is 7.99. The predicted octanol–water partition coefficient (Wildman–Crippen LogP) is 4.25. The Balaban J connectivity index is 1.64. The zero-order valence-corrected chi connectivity index (χ0v) is 18.3. The zero-order chi connectivity index (χ0) is 21.1. The quantitative estimate of drug-likeness (QED) is 0.457. The van der Waals surface area contributed by atoms with E-state index in [9.17, 15) is 9.59 Å². The van der Waals surface area contributed by atoms with Crippen LogP contribution < -0.4 is 5.56 Å². The average molecular weight is 422 g/mol. The first kappa shape index (κ1) is 20.7. The summed E-state index contributed by atoms with van der Waals surface area (Å²) in [5, 5.41) is 1.20. The minimum Gasteiger partial charge on any atom is -0.339 e. The molecule has 1 unspecified atom stereocenters. The fourth-order valence-electron chi connectivity index (χ4n) is 3.95. The summed E-state index contributed by atoms with van der Waals surface area (Å²) < 4.78 is 1.70. The zero-order valence-electron chi connectivity index (χ0n) is 17.5. The summed E-state index contributed by atoms with van der Waals surface area (Å²) >= 11 is 1.36. The van der Waals surface area contributed by atoms with E-state index in [2.05, 4.69) is 6.92 Å². The van der Waals surface area contributed by atoms with Crippen molar-refractivity contribution >= 4 is 28.6 Å². The minimum absolute atomic E-state index is 0.0672. The van der Waals surface area contributed by atoms with Gasteiger partial charge in [-0.2, -0.15) is 0 Å². The van der Waals surface area contributed by atoms with Gasteiger partial charge in [0.15, 0.2) is 5.16 Å². The minimum atomic E-state index is -0.0672. The molecule has 1 atom stereocenters. The van der Waals surface area contributed by atoms with Crippen LogP contribution in [0, 0.1) is 6.92 Å². The second kappa shape index (κ2) is 9.04. The molecule has 0 spiro atoms. The van der Waals surface area contributed by atoms with Crippen molar-refractivity contribution in [1.29, 1.82) is 0 Å². The van der Waals surface area contributed by atoms with Crippen LogP contribution in [0.15, 0.2) is 58.5 Å². The topological polar surface area (TPSA) is 55.2 Å². The average Bonchev–Trinajstić information content (AvgIpc) is 2.76. The van der Waals surface area contributed by atoms with Crippen molar-refractivity contribution in [3.05, 3.63) is 70.0 Å². The second-order valence-corrected chi connectivity index (χ2v) is 8.95. The number of thioether (sulfide) groups is 1. The van der Waals surface area contributed by atoms with Crippen molar-refractivity contribution in [3.8, 4) is 0 Å². The molecule has 1 fully saturated rings. The van der Waals surface area contributed by atoms with Gasteiger partial charge in [0.2, 0.25) is 5.91 Å². The number of rotatable bonds is 5. The Hall–Kier alpha value is -2.60. The summed E-state index contributed by atoms with van der Waals surface area (Å²) in [6, 6.07) is 15.8. The highest BCUT2D eigenvalue weighted by atomic mass is 32.2. The number of amides is 1. The van der Waals surface area contributed by atoms with E-state index in [1.165, 1.54) is 23.7 Å². The van der Waals surface area contributed by atoms with E-state index in [0.29, 0.717) is 28.4 Å². The third-order valence-electron chi connectivity index (χ3n) is 5.74. The molecule has 3 aromatic rings. The molecule has 0 N–H and O–H groups in total. The molecule has 0 radical (unpaired) electrons. The highest BCUT2D eigenvalue weighted by Crippen LogP contribution is 2.22. The standard InChI is InChI=1S/C24H27N3O2S/c1-17-10-12-19(13-11-17)15-27-23(29)20-8-3-4-9-21(20)25-24(27)30-16-22(28)26-14-6-5-7-18(26)2/h3-4,8-13,18H,5-7,14-16H2,1-2H3. The molecule has 0 bridgehead atoms. The van der Waals surface area contributed by atoms with E-state index in [1.807, 2.05) is 60.4 Å². The van der Waals surface area contributed by atoms with Crippen LogP contribution in [0.4, 0.5) is 0 Å². The van der Waals surface area contributed by atoms with Crippen molar-refractivity contribution in [2.45, 2.75) is 50.9 Å². The number of aryl methyl sites for hydroxylation is 1. The molecule has 1 aliphatic rings. The van der Waals surface area contributed by atoms with Crippen LogP contribution in [0.1, 0.15) is 37.3 Å². The van der Waals surface area contributed by atoms with Gasteiger partial charge in [0.25, 0.3) is 5.56 Å². The molecule has 0 aliphatic carbocycles. The maximum absolute atomic E-state index is 13.2. The molecular formula is C24H27N3O2S. The van der Waals surface area contributed by atoms with E-state index >= 15 is 0 Å². The molecule has 2 heterocycles. The third-order valence-corrected chi connectivity index (χ3v) is 6.70. The largest absolute Gasteiger partial charge is 0.339 e. The van der Waals surface area contributed by atoms with Crippen molar-refractivity contribution in [2.75, 3.05) is 12.3 Å². The fourth-order valence-corrected chi connectivity index (χ4v) is 4.84. The summed E-state index contributed by atoms with van der Waals surface area (Å²) in [6.45, 7) is 5.42. The van der Waals surface area contributed by atoms with Gasteiger partial charge in [0.1, 0.15) is 0 Å². The Morgan fingerprint density at radius 3 is 2.67 bits per heavy atom. The van der Waals surface area contributed by atoms with Gasteiger partial charge in [0.05, 0.1) is 23.2 Å². The number of piperidine rings is 1. The Morgan fingerprint density at radius 1 is 1.13 bits per heavy atom. The number of hydrogen-bond donors (Lipinski definition) is 0. The number of carbonyl (C=O) groups is 1. The van der Waals surface area contributed by atoms with Crippen LogP contribution >= 0.6 is 11.8 Å². The molecule has 0 saturated carbocycles. The maximum Gasteiger partial charge on any atom is 0.262 e. The Bertz CT molecular complexity index is 1110. The lowest BCUT2D eigenvalue weighted by Gasteiger charge is -2.33. The van der Waals surface area contributed by atoms with E-state index in [1.54, 1.807) is 4.57 Å². The molecule has 1 aliphatic heterocycles. The van der Waals surface area contributed by atoms with Crippen molar-refractivity contribution in [2.24, 2.45) is 0 Å². The first-order valence-electron chi connectivity index (χ1n) is 10.5. The lowest BCUT2D eigenvalue weighted by Crippen LogP contribution is -2.43. The second-order valence-electron chi connectivity index (χ2n) is 8.01. The number of para-hydroxylation sites is 1. The van der Waals surface area contributed by atoms with Crippen LogP contribution in [0.25, 0.3) is 10.9 Å². The van der Waals surface area contributed by atoms with E-state index in [-0.39, 0.29) is 17.5 Å².